The van der Waals surface area contributed by atoms with Gasteiger partial charge in [-0.15, -0.1) is 0 Å². The molecule has 0 spiro atoms. The molecule has 5 heteroatoms. The second kappa shape index (κ2) is 4.41. The van der Waals surface area contributed by atoms with Gasteiger partial charge in [0.2, 0.25) is 5.91 Å². The van der Waals surface area contributed by atoms with Crippen LogP contribution in [0.3, 0.4) is 0 Å². The van der Waals surface area contributed by atoms with Crippen LogP contribution >= 0.6 is 0 Å². The Morgan fingerprint density at radius 2 is 2.06 bits per heavy atom. The largest absolute Gasteiger partial charge is 0.308 e. The van der Waals surface area contributed by atoms with Crippen LogP contribution in [-0.4, -0.2) is 19.0 Å². The number of nitrogens with one attached hydrogen (secondary N) is 1. The van der Waals surface area contributed by atoms with Crippen LogP contribution in [0.4, 0.5) is 14.5 Å². The average molecular weight is 240 g/mol. The van der Waals surface area contributed by atoms with E-state index >= 15 is 0 Å². The van der Waals surface area contributed by atoms with Gasteiger partial charge in [0.1, 0.15) is 17.7 Å². The number of carbonyl (C=O) groups excluding carboxylic acids is 1. The second-order valence-corrected chi connectivity index (χ2v) is 3.90. The van der Waals surface area contributed by atoms with Crippen molar-refractivity contribution in [2.45, 2.75) is 19.9 Å². The van der Waals surface area contributed by atoms with Gasteiger partial charge in [0.05, 0.1) is 5.69 Å². The lowest BCUT2D eigenvalue weighted by atomic mass is 10.1. The van der Waals surface area contributed by atoms with E-state index in [1.165, 1.54) is 11.0 Å². The topological polar surface area (TPSA) is 32.3 Å². The maximum atomic E-state index is 13.7. The van der Waals surface area contributed by atoms with E-state index in [1.54, 1.807) is 6.92 Å². The Kier molecular flexibility index (Phi) is 3.11. The van der Waals surface area contributed by atoms with Gasteiger partial charge in [-0.3, -0.25) is 4.79 Å². The molecular weight excluding hydrogens is 226 g/mol. The lowest BCUT2D eigenvalue weighted by Gasteiger charge is -2.15. The minimum Gasteiger partial charge on any atom is -0.308 e. The standard InChI is InChI=1S/C12H14F2N2O/c1-3-15-10-8-5-7(13)6-9(14)11(8)16(4-2)12(10)17/h5-6,10,15H,3-4H2,1-2H3. The molecule has 2 rings (SSSR count). The summed E-state index contributed by atoms with van der Waals surface area (Å²) < 4.78 is 26.9. The molecule has 1 aliphatic heterocycles. The summed E-state index contributed by atoms with van der Waals surface area (Å²) in [6.07, 6.45) is 0. The third kappa shape index (κ3) is 1.80. The summed E-state index contributed by atoms with van der Waals surface area (Å²) in [4.78, 5) is 13.4. The molecule has 3 nitrogen and oxygen atoms in total. The van der Waals surface area contributed by atoms with Crippen LogP contribution in [-0.2, 0) is 4.79 Å². The van der Waals surface area contributed by atoms with Gasteiger partial charge in [-0.2, -0.15) is 0 Å². The number of fused-ring (bicyclic) bond motifs is 1. The fourth-order valence-corrected chi connectivity index (χ4v) is 2.21. The van der Waals surface area contributed by atoms with Crippen LogP contribution in [0.5, 0.6) is 0 Å². The first-order chi connectivity index (χ1) is 8.10. The summed E-state index contributed by atoms with van der Waals surface area (Å²) in [5, 5.41) is 2.94. The first-order valence-corrected chi connectivity index (χ1v) is 5.63. The van der Waals surface area contributed by atoms with Crippen LogP contribution in [0.1, 0.15) is 25.5 Å². The smallest absolute Gasteiger partial charge is 0.248 e. The lowest BCUT2D eigenvalue weighted by Crippen LogP contribution is -2.34. The van der Waals surface area contributed by atoms with E-state index in [-0.39, 0.29) is 11.6 Å². The summed E-state index contributed by atoms with van der Waals surface area (Å²) in [6.45, 7) is 4.54. The van der Waals surface area contributed by atoms with Crippen molar-refractivity contribution in [2.75, 3.05) is 18.0 Å². The van der Waals surface area contributed by atoms with Crippen molar-refractivity contribution < 1.29 is 13.6 Å². The zero-order chi connectivity index (χ0) is 12.6. The molecule has 17 heavy (non-hydrogen) atoms. The summed E-state index contributed by atoms with van der Waals surface area (Å²) in [6, 6.07) is 1.39. The molecule has 1 unspecified atom stereocenters. The highest BCUT2D eigenvalue weighted by Crippen LogP contribution is 2.38. The zero-order valence-electron chi connectivity index (χ0n) is 9.76. The van der Waals surface area contributed by atoms with Gasteiger partial charge in [-0.25, -0.2) is 8.78 Å². The highest BCUT2D eigenvalue weighted by molar-refractivity contribution is 6.04. The Labute approximate surface area is 98.4 Å². The molecule has 1 heterocycles. The van der Waals surface area contributed by atoms with Crippen LogP contribution in [0.2, 0.25) is 0 Å². The molecule has 0 aromatic heterocycles. The second-order valence-electron chi connectivity index (χ2n) is 3.90. The first-order valence-electron chi connectivity index (χ1n) is 5.63. The third-order valence-electron chi connectivity index (χ3n) is 2.88. The molecular formula is C12H14F2N2O. The molecule has 1 atom stereocenters. The highest BCUT2D eigenvalue weighted by Gasteiger charge is 2.38. The van der Waals surface area contributed by atoms with Crippen molar-refractivity contribution in [2.24, 2.45) is 0 Å². The minimum atomic E-state index is -0.685. The Morgan fingerprint density at radius 1 is 1.35 bits per heavy atom. The van der Waals surface area contributed by atoms with Crippen LogP contribution < -0.4 is 10.2 Å². The van der Waals surface area contributed by atoms with Crippen molar-refractivity contribution in [1.29, 1.82) is 0 Å². The highest BCUT2D eigenvalue weighted by atomic mass is 19.1. The zero-order valence-corrected chi connectivity index (χ0v) is 9.76. The summed E-state index contributed by atoms with van der Waals surface area (Å²) in [5.74, 6) is -1.57. The number of rotatable bonds is 3. The monoisotopic (exact) mass is 240 g/mol. The van der Waals surface area contributed by atoms with E-state index < -0.39 is 17.7 Å². The molecule has 1 amide bonds. The van der Waals surface area contributed by atoms with Gasteiger partial charge in [-0.1, -0.05) is 6.92 Å². The lowest BCUT2D eigenvalue weighted by molar-refractivity contribution is -0.119. The minimum absolute atomic E-state index is 0.199. The molecule has 1 aromatic carbocycles. The maximum absolute atomic E-state index is 13.7. The average Bonchev–Trinajstić information content (AvgIpc) is 2.53. The Morgan fingerprint density at radius 3 is 2.65 bits per heavy atom. The van der Waals surface area contributed by atoms with Crippen molar-refractivity contribution in [3.8, 4) is 0 Å². The number of benzene rings is 1. The van der Waals surface area contributed by atoms with Gasteiger partial charge in [0, 0.05) is 18.2 Å². The van der Waals surface area contributed by atoms with E-state index in [0.717, 1.165) is 6.07 Å². The van der Waals surface area contributed by atoms with Crippen LogP contribution in [0, 0.1) is 11.6 Å². The van der Waals surface area contributed by atoms with Gasteiger partial charge in [0.25, 0.3) is 0 Å². The van der Waals surface area contributed by atoms with Crippen molar-refractivity contribution >= 4 is 11.6 Å². The van der Waals surface area contributed by atoms with Crippen molar-refractivity contribution in [3.63, 3.8) is 0 Å². The summed E-state index contributed by atoms with van der Waals surface area (Å²) in [7, 11) is 0. The SMILES string of the molecule is CCNC1C(=O)N(CC)c2c(F)cc(F)cc21. The number of hydrogen-bond donors (Lipinski definition) is 1. The van der Waals surface area contributed by atoms with Crippen molar-refractivity contribution in [3.05, 3.63) is 29.3 Å². The molecule has 1 aromatic rings. The first kappa shape index (κ1) is 12.0. The van der Waals surface area contributed by atoms with Crippen LogP contribution in [0.25, 0.3) is 0 Å². The number of likely N-dealkylation sites (N-methyl/N-ethyl adjacent to an activating group) is 2. The molecule has 0 saturated heterocycles. The quantitative estimate of drug-likeness (QED) is 0.876. The predicted octanol–water partition coefficient (Wildman–Crippen LogP) is 1.98. The molecule has 1 aliphatic rings. The van der Waals surface area contributed by atoms with E-state index in [0.29, 0.717) is 18.7 Å². The number of hydrogen-bond acceptors (Lipinski definition) is 2. The van der Waals surface area contributed by atoms with Gasteiger partial charge < -0.3 is 10.2 Å². The van der Waals surface area contributed by atoms with Gasteiger partial charge in [0.15, 0.2) is 0 Å². The predicted molar refractivity (Wildman–Crippen MR) is 60.8 cm³/mol. The Bertz CT molecular complexity index is 462. The van der Waals surface area contributed by atoms with E-state index in [2.05, 4.69) is 5.32 Å². The number of halogens is 2. The van der Waals surface area contributed by atoms with Gasteiger partial charge in [-0.05, 0) is 19.5 Å². The molecule has 0 bridgehead atoms. The molecule has 0 aliphatic carbocycles. The molecule has 1 N–H and O–H groups in total. The maximum Gasteiger partial charge on any atom is 0.248 e. The molecule has 0 fully saturated rings. The van der Waals surface area contributed by atoms with E-state index in [9.17, 15) is 13.6 Å². The van der Waals surface area contributed by atoms with E-state index in [1.807, 2.05) is 6.92 Å². The normalized spacial score (nSPS) is 18.7. The molecule has 0 saturated carbocycles. The summed E-state index contributed by atoms with van der Waals surface area (Å²) in [5.41, 5.74) is 0.584. The Balaban J connectivity index is 2.56. The number of anilines is 1. The number of carbonyl (C=O) groups is 1. The fourth-order valence-electron chi connectivity index (χ4n) is 2.21. The molecule has 0 radical (unpaired) electrons. The number of nitrogens with zero attached hydrogens (tertiary/aromatic N) is 1. The summed E-state index contributed by atoms with van der Waals surface area (Å²) >= 11 is 0. The third-order valence-corrected chi connectivity index (χ3v) is 2.88. The van der Waals surface area contributed by atoms with E-state index in [4.69, 9.17) is 0 Å². The van der Waals surface area contributed by atoms with Crippen LogP contribution in [0.15, 0.2) is 12.1 Å². The Hall–Kier alpha value is -1.49. The number of amides is 1. The molecule has 92 valence electrons. The van der Waals surface area contributed by atoms with Gasteiger partial charge >= 0.3 is 0 Å². The van der Waals surface area contributed by atoms with Crippen molar-refractivity contribution in [1.82, 2.24) is 5.32 Å². The fraction of sp³-hybridized carbons (Fsp3) is 0.417.